The minimum atomic E-state index is -2.53. The van der Waals surface area contributed by atoms with E-state index in [1.54, 1.807) is 30.3 Å². The Bertz CT molecular complexity index is 252. The molecule has 0 aromatic heterocycles. The van der Waals surface area contributed by atoms with E-state index in [9.17, 15) is 4.57 Å². The summed E-state index contributed by atoms with van der Waals surface area (Å²) >= 11 is 0. The van der Waals surface area contributed by atoms with Crippen LogP contribution in [0.15, 0.2) is 30.3 Å². The van der Waals surface area contributed by atoms with E-state index in [1.165, 1.54) is 0 Å². The van der Waals surface area contributed by atoms with Gasteiger partial charge in [-0.1, -0.05) is 30.3 Å². The molecular weight excluding hydrogens is 278 g/mol. The molecule has 1 aromatic rings. The van der Waals surface area contributed by atoms with Crippen molar-refractivity contribution in [2.45, 2.75) is 5.85 Å². The van der Waals surface area contributed by atoms with Gasteiger partial charge in [-0.05, 0) is 4.57 Å². The predicted octanol–water partition coefficient (Wildman–Crippen LogP) is 0.228. The number of hydrogen-bond acceptors (Lipinski definition) is 2. The van der Waals surface area contributed by atoms with E-state index in [-0.39, 0.29) is 25.8 Å². The van der Waals surface area contributed by atoms with Crippen LogP contribution in [0.1, 0.15) is 11.4 Å². The van der Waals surface area contributed by atoms with Crippen molar-refractivity contribution in [2.75, 3.05) is 0 Å². The van der Waals surface area contributed by atoms with Gasteiger partial charge in [-0.2, -0.15) is 4.89 Å². The molecule has 1 rings (SSSR count). The van der Waals surface area contributed by atoms with E-state index in [2.05, 4.69) is 0 Å². The second-order valence-electron chi connectivity index (χ2n) is 2.09. The topological polar surface area (TPSA) is 57.5 Å². The monoisotopic (exact) mass is 289 g/mol. The molecule has 5 heteroatoms. The zero-order valence-corrected chi connectivity index (χ0v) is 6.61. The van der Waals surface area contributed by atoms with Gasteiger partial charge in [0.05, 0.1) is 0 Å². The first kappa shape index (κ1) is 12.1. The summed E-state index contributed by atoms with van der Waals surface area (Å²) in [5, 5.41) is 9.06. The standard InChI is InChI=1S/C7H7O3P.In.3H/c8-7(11(9)10)6-4-2-1-3-5-6;;;;/h1-5,7-8H;;;;/p+1. The molecule has 0 aliphatic heterocycles. The molecule has 2 unspecified atom stereocenters. The van der Waals surface area contributed by atoms with Gasteiger partial charge in [-0.15, -0.1) is 0 Å². The Hall–Kier alpha value is 0.110. The molecule has 2 atom stereocenters. The summed E-state index contributed by atoms with van der Waals surface area (Å²) in [4.78, 5) is 8.53. The summed E-state index contributed by atoms with van der Waals surface area (Å²) in [6.45, 7) is 0. The molecule has 0 amide bonds. The van der Waals surface area contributed by atoms with Crippen molar-refractivity contribution in [3.63, 3.8) is 0 Å². The molecule has 0 saturated carbocycles. The summed E-state index contributed by atoms with van der Waals surface area (Å²) in [6.07, 6.45) is 0. The Kier molecular flexibility index (Phi) is 5.76. The number of aliphatic hydroxyl groups is 1. The molecule has 0 radical (unpaired) electrons. The molecule has 0 spiro atoms. The third kappa shape index (κ3) is 3.23. The Balaban J connectivity index is 0.00000121. The molecule has 0 fully saturated rings. The van der Waals surface area contributed by atoms with Crippen LogP contribution in [-0.4, -0.2) is 35.8 Å². The zero-order chi connectivity index (χ0) is 8.27. The van der Waals surface area contributed by atoms with Crippen molar-refractivity contribution in [3.05, 3.63) is 35.9 Å². The van der Waals surface area contributed by atoms with Crippen molar-refractivity contribution >= 4 is 33.9 Å². The molecule has 0 aliphatic rings. The Labute approximate surface area is 90.1 Å². The minimum absolute atomic E-state index is 0. The van der Waals surface area contributed by atoms with E-state index in [4.69, 9.17) is 10.00 Å². The van der Waals surface area contributed by atoms with Gasteiger partial charge in [0.25, 0.3) is 0 Å². The fourth-order valence-electron chi connectivity index (χ4n) is 0.753. The van der Waals surface area contributed by atoms with Crippen LogP contribution in [0.25, 0.3) is 0 Å². The van der Waals surface area contributed by atoms with Crippen molar-refractivity contribution < 1.29 is 14.6 Å². The van der Waals surface area contributed by atoms with Crippen LogP contribution >= 0.6 is 8.03 Å². The van der Waals surface area contributed by atoms with Crippen molar-refractivity contribution in [1.29, 1.82) is 0 Å². The molecule has 0 bridgehead atoms. The van der Waals surface area contributed by atoms with Gasteiger partial charge in [0, 0.05) is 5.56 Å². The summed E-state index contributed by atoms with van der Waals surface area (Å²) < 4.78 is 10.4. The van der Waals surface area contributed by atoms with E-state index in [0.717, 1.165) is 0 Å². The molecule has 0 saturated heterocycles. The van der Waals surface area contributed by atoms with Gasteiger partial charge in [0.1, 0.15) is 0 Å². The quantitative estimate of drug-likeness (QED) is 0.766. The molecule has 0 aliphatic carbocycles. The third-order valence-electron chi connectivity index (χ3n) is 1.31. The SMILES string of the molecule is O=[P+](O)C(O)c1ccccc1.[InH3]. The van der Waals surface area contributed by atoms with E-state index >= 15 is 0 Å². The van der Waals surface area contributed by atoms with Gasteiger partial charge in [0.2, 0.25) is 0 Å². The van der Waals surface area contributed by atoms with Gasteiger partial charge >= 0.3 is 39.7 Å². The number of rotatable bonds is 2. The summed E-state index contributed by atoms with van der Waals surface area (Å²) in [7, 11) is -2.53. The van der Waals surface area contributed by atoms with Crippen LogP contribution in [0.5, 0.6) is 0 Å². The van der Waals surface area contributed by atoms with E-state index in [1.807, 2.05) is 0 Å². The molecule has 64 valence electrons. The van der Waals surface area contributed by atoms with Gasteiger partial charge < -0.3 is 5.11 Å². The van der Waals surface area contributed by atoms with Crippen LogP contribution in [0.2, 0.25) is 0 Å². The normalized spacial score (nSPS) is 13.0. The van der Waals surface area contributed by atoms with Crippen molar-refractivity contribution in [3.8, 4) is 0 Å². The summed E-state index contributed by atoms with van der Waals surface area (Å²) in [5.74, 6) is -1.26. The number of hydrogen-bond donors (Lipinski definition) is 2. The maximum absolute atomic E-state index is 10.4. The average Bonchev–Trinajstić information content (AvgIpc) is 2.05. The second kappa shape index (κ2) is 5.70. The molecule has 12 heavy (non-hydrogen) atoms. The van der Waals surface area contributed by atoms with Crippen molar-refractivity contribution in [2.24, 2.45) is 0 Å². The summed E-state index contributed by atoms with van der Waals surface area (Å²) in [6, 6.07) is 8.40. The molecule has 3 nitrogen and oxygen atoms in total. The molecular formula is C7H11InO3P+. The first-order valence-corrected chi connectivity index (χ1v) is 4.38. The second-order valence-corrected chi connectivity index (χ2v) is 3.18. The predicted molar refractivity (Wildman–Crippen MR) is 51.2 cm³/mol. The number of aliphatic hydroxyl groups excluding tert-OH is 1. The van der Waals surface area contributed by atoms with Crippen LogP contribution in [-0.2, 0) is 4.57 Å². The van der Waals surface area contributed by atoms with Gasteiger partial charge in [0.15, 0.2) is 0 Å². The van der Waals surface area contributed by atoms with Gasteiger partial charge in [-0.3, -0.25) is 0 Å². The first-order chi connectivity index (χ1) is 5.22. The average molecular weight is 289 g/mol. The Morgan fingerprint density at radius 2 is 1.75 bits per heavy atom. The fraction of sp³-hybridized carbons (Fsp3) is 0.143. The Morgan fingerprint density at radius 1 is 1.25 bits per heavy atom. The van der Waals surface area contributed by atoms with Crippen molar-refractivity contribution in [1.82, 2.24) is 0 Å². The van der Waals surface area contributed by atoms with Crippen LogP contribution in [0, 0.1) is 0 Å². The van der Waals surface area contributed by atoms with Gasteiger partial charge in [-0.25, -0.2) is 0 Å². The van der Waals surface area contributed by atoms with E-state index < -0.39 is 13.9 Å². The molecule has 0 heterocycles. The fourth-order valence-corrected chi connectivity index (χ4v) is 1.18. The summed E-state index contributed by atoms with van der Waals surface area (Å²) in [5.41, 5.74) is 0.469. The van der Waals surface area contributed by atoms with Crippen LogP contribution in [0.4, 0.5) is 0 Å². The molecule has 1 aromatic carbocycles. The number of benzene rings is 1. The Morgan fingerprint density at radius 3 is 2.17 bits per heavy atom. The van der Waals surface area contributed by atoms with Crippen LogP contribution in [0.3, 0.4) is 0 Å². The third-order valence-corrected chi connectivity index (χ3v) is 2.02. The zero-order valence-electron chi connectivity index (χ0n) is 5.71. The maximum atomic E-state index is 10.4. The molecule has 2 N–H and O–H groups in total. The van der Waals surface area contributed by atoms with E-state index in [0.29, 0.717) is 5.56 Å². The first-order valence-electron chi connectivity index (χ1n) is 3.10. The van der Waals surface area contributed by atoms with Crippen LogP contribution < -0.4 is 0 Å².